The van der Waals surface area contributed by atoms with Crippen LogP contribution in [0.1, 0.15) is 11.3 Å². The number of rotatable bonds is 7. The van der Waals surface area contributed by atoms with Gasteiger partial charge in [0, 0.05) is 24.3 Å². The maximum atomic E-state index is 12.4. The van der Waals surface area contributed by atoms with Gasteiger partial charge in [-0.2, -0.15) is 5.26 Å². The molecule has 9 heteroatoms. The minimum absolute atomic E-state index is 0.0146. The van der Waals surface area contributed by atoms with E-state index in [1.807, 2.05) is 6.07 Å². The van der Waals surface area contributed by atoms with Crippen molar-refractivity contribution in [3.63, 3.8) is 0 Å². The van der Waals surface area contributed by atoms with Crippen molar-refractivity contribution in [2.24, 2.45) is 0 Å². The third-order valence-corrected chi connectivity index (χ3v) is 4.64. The number of amides is 1. The summed E-state index contributed by atoms with van der Waals surface area (Å²) in [5.74, 6) is 0.733. The van der Waals surface area contributed by atoms with E-state index in [0.717, 1.165) is 5.56 Å². The molecule has 156 valence electrons. The van der Waals surface area contributed by atoms with Gasteiger partial charge >= 0.3 is 0 Å². The second-order valence-corrected chi connectivity index (χ2v) is 6.73. The molecule has 0 fully saturated rings. The maximum absolute atomic E-state index is 12.4. The van der Waals surface area contributed by atoms with Crippen LogP contribution in [0.3, 0.4) is 0 Å². The number of ether oxygens (including phenoxy) is 1. The van der Waals surface area contributed by atoms with Gasteiger partial charge in [0.25, 0.3) is 11.6 Å². The number of carbonyl (C=O) groups is 1. The fourth-order valence-corrected chi connectivity index (χ4v) is 2.89. The minimum Gasteiger partial charge on any atom is -0.497 e. The molecule has 1 N–H and O–H groups in total. The SMILES string of the molecule is COc1ccc(CNC(=O)C(C#N)=Cc2ccc(-c3ccc(Cl)c([N+](=O)[O-])c3)o2)cc1. The molecule has 0 atom stereocenters. The van der Waals surface area contributed by atoms with E-state index in [9.17, 15) is 20.2 Å². The molecule has 0 saturated heterocycles. The number of hydrogen-bond acceptors (Lipinski definition) is 6. The lowest BCUT2D eigenvalue weighted by atomic mass is 10.1. The summed E-state index contributed by atoms with van der Waals surface area (Å²) in [7, 11) is 1.56. The van der Waals surface area contributed by atoms with Crippen LogP contribution in [-0.4, -0.2) is 17.9 Å². The number of nitriles is 1. The molecule has 0 saturated carbocycles. The number of carbonyl (C=O) groups excluding carboxylic acids is 1. The van der Waals surface area contributed by atoms with Crippen LogP contribution in [0.4, 0.5) is 5.69 Å². The number of furan rings is 1. The van der Waals surface area contributed by atoms with E-state index in [4.69, 9.17) is 20.8 Å². The molecule has 0 aliphatic rings. The standard InChI is InChI=1S/C22H16ClN3O5/c1-30-17-5-2-14(3-6-17)13-25-22(27)16(12-24)10-18-7-9-21(31-18)15-4-8-19(23)20(11-15)26(28)29/h2-11H,13H2,1H3,(H,25,27). The highest BCUT2D eigenvalue weighted by Gasteiger charge is 2.16. The van der Waals surface area contributed by atoms with Crippen molar-refractivity contribution in [3.05, 3.63) is 86.6 Å². The first-order valence-corrected chi connectivity index (χ1v) is 9.36. The van der Waals surface area contributed by atoms with Crippen molar-refractivity contribution >= 4 is 29.3 Å². The summed E-state index contributed by atoms with van der Waals surface area (Å²) in [4.78, 5) is 22.8. The summed E-state index contributed by atoms with van der Waals surface area (Å²) >= 11 is 5.83. The van der Waals surface area contributed by atoms with Gasteiger partial charge in [0.15, 0.2) is 0 Å². The van der Waals surface area contributed by atoms with Gasteiger partial charge in [-0.05, 0) is 42.0 Å². The second-order valence-electron chi connectivity index (χ2n) is 6.33. The molecule has 0 aliphatic heterocycles. The third-order valence-electron chi connectivity index (χ3n) is 4.32. The van der Waals surface area contributed by atoms with Crippen LogP contribution < -0.4 is 10.1 Å². The summed E-state index contributed by atoms with van der Waals surface area (Å²) < 4.78 is 10.7. The van der Waals surface area contributed by atoms with Crippen LogP contribution >= 0.6 is 11.6 Å². The van der Waals surface area contributed by atoms with Crippen molar-refractivity contribution in [3.8, 4) is 23.1 Å². The van der Waals surface area contributed by atoms with Gasteiger partial charge in [-0.3, -0.25) is 14.9 Å². The number of nitrogens with zero attached hydrogens (tertiary/aromatic N) is 2. The Labute approximate surface area is 182 Å². The van der Waals surface area contributed by atoms with Crippen molar-refractivity contribution in [1.29, 1.82) is 5.26 Å². The Hall–Kier alpha value is -4.09. The highest BCUT2D eigenvalue weighted by molar-refractivity contribution is 6.32. The molecular weight excluding hydrogens is 422 g/mol. The van der Waals surface area contributed by atoms with Crippen molar-refractivity contribution < 1.29 is 18.9 Å². The Morgan fingerprint density at radius 3 is 2.65 bits per heavy atom. The van der Waals surface area contributed by atoms with E-state index >= 15 is 0 Å². The monoisotopic (exact) mass is 437 g/mol. The number of benzene rings is 2. The first kappa shape index (κ1) is 21.6. The lowest BCUT2D eigenvalue weighted by molar-refractivity contribution is -0.384. The van der Waals surface area contributed by atoms with Gasteiger partial charge < -0.3 is 14.5 Å². The molecule has 0 radical (unpaired) electrons. The molecule has 0 spiro atoms. The summed E-state index contributed by atoms with van der Waals surface area (Å²) in [5.41, 5.74) is 0.897. The zero-order valence-electron chi connectivity index (χ0n) is 16.3. The Bertz CT molecular complexity index is 1190. The lowest BCUT2D eigenvalue weighted by Crippen LogP contribution is -2.23. The molecule has 8 nitrogen and oxygen atoms in total. The number of hydrogen-bond donors (Lipinski definition) is 1. The van der Waals surface area contributed by atoms with Crippen LogP contribution in [-0.2, 0) is 11.3 Å². The van der Waals surface area contributed by atoms with Gasteiger partial charge in [0.2, 0.25) is 0 Å². The molecule has 1 aromatic heterocycles. The van der Waals surface area contributed by atoms with E-state index in [1.165, 1.54) is 18.2 Å². The van der Waals surface area contributed by atoms with E-state index in [2.05, 4.69) is 5.32 Å². The predicted octanol–water partition coefficient (Wildman–Crippen LogP) is 4.74. The van der Waals surface area contributed by atoms with Crippen molar-refractivity contribution in [2.45, 2.75) is 6.54 Å². The van der Waals surface area contributed by atoms with E-state index < -0.39 is 10.8 Å². The number of nitrogens with one attached hydrogen (secondary N) is 1. The van der Waals surface area contributed by atoms with Gasteiger partial charge in [0.05, 0.1) is 12.0 Å². The Balaban J connectivity index is 1.73. The van der Waals surface area contributed by atoms with Crippen molar-refractivity contribution in [1.82, 2.24) is 5.32 Å². The Kier molecular flexibility index (Phi) is 6.70. The molecule has 0 bridgehead atoms. The maximum Gasteiger partial charge on any atom is 0.288 e. The Morgan fingerprint density at radius 2 is 2.00 bits per heavy atom. The van der Waals surface area contributed by atoms with Gasteiger partial charge in [0.1, 0.15) is 33.9 Å². The van der Waals surface area contributed by atoms with Crippen LogP contribution in [0, 0.1) is 21.4 Å². The van der Waals surface area contributed by atoms with E-state index in [-0.39, 0.29) is 28.6 Å². The molecule has 3 rings (SSSR count). The average Bonchev–Trinajstić information content (AvgIpc) is 3.25. The van der Waals surface area contributed by atoms with E-state index in [1.54, 1.807) is 49.6 Å². The van der Waals surface area contributed by atoms with Crippen LogP contribution in [0.15, 0.2) is 64.6 Å². The molecule has 0 aliphatic carbocycles. The van der Waals surface area contributed by atoms with Crippen LogP contribution in [0.25, 0.3) is 17.4 Å². The van der Waals surface area contributed by atoms with Gasteiger partial charge in [-0.25, -0.2) is 0 Å². The first-order valence-electron chi connectivity index (χ1n) is 8.98. The Morgan fingerprint density at radius 1 is 1.26 bits per heavy atom. The predicted molar refractivity (Wildman–Crippen MR) is 114 cm³/mol. The number of halogens is 1. The summed E-state index contributed by atoms with van der Waals surface area (Å²) in [6.45, 7) is 0.236. The van der Waals surface area contributed by atoms with Gasteiger partial charge in [-0.15, -0.1) is 0 Å². The molecule has 0 unspecified atom stereocenters. The fourth-order valence-electron chi connectivity index (χ4n) is 2.70. The number of methoxy groups -OCH3 is 1. The van der Waals surface area contributed by atoms with Crippen molar-refractivity contribution in [2.75, 3.05) is 7.11 Å². The largest absolute Gasteiger partial charge is 0.497 e. The molecule has 2 aromatic carbocycles. The van der Waals surface area contributed by atoms with E-state index in [0.29, 0.717) is 17.1 Å². The average molecular weight is 438 g/mol. The molecule has 1 amide bonds. The topological polar surface area (TPSA) is 118 Å². The zero-order chi connectivity index (χ0) is 22.4. The normalized spacial score (nSPS) is 10.9. The lowest BCUT2D eigenvalue weighted by Gasteiger charge is -2.05. The summed E-state index contributed by atoms with van der Waals surface area (Å²) in [6, 6.07) is 16.4. The number of nitro groups is 1. The molecular formula is C22H16ClN3O5. The zero-order valence-corrected chi connectivity index (χ0v) is 17.1. The van der Waals surface area contributed by atoms with Gasteiger partial charge in [-0.1, -0.05) is 23.7 Å². The molecule has 1 heterocycles. The fraction of sp³-hybridized carbons (Fsp3) is 0.0909. The van der Waals surface area contributed by atoms with Crippen LogP contribution in [0.5, 0.6) is 5.75 Å². The second kappa shape index (κ2) is 9.61. The minimum atomic E-state index is -0.587. The van der Waals surface area contributed by atoms with Crippen LogP contribution in [0.2, 0.25) is 5.02 Å². The molecule has 3 aromatic rings. The highest BCUT2D eigenvalue weighted by Crippen LogP contribution is 2.31. The third kappa shape index (κ3) is 5.29. The number of nitro benzene ring substituents is 1. The smallest absolute Gasteiger partial charge is 0.288 e. The molecule has 31 heavy (non-hydrogen) atoms. The summed E-state index contributed by atoms with van der Waals surface area (Å²) in [6.07, 6.45) is 1.30. The quantitative estimate of drug-likeness (QED) is 0.247. The first-order chi connectivity index (χ1) is 14.9. The highest BCUT2D eigenvalue weighted by atomic mass is 35.5. The summed E-state index contributed by atoms with van der Waals surface area (Å²) in [5, 5.41) is 23.1.